The molecule has 5 nitrogen and oxygen atoms in total. The van der Waals surface area contributed by atoms with Gasteiger partial charge in [-0.05, 0) is 12.1 Å². The highest BCUT2D eigenvalue weighted by Gasteiger charge is 2.10. The molecule has 0 amide bonds. The standard InChI is InChI=1S/C11H11N3O2/c1-8(7-11(15)16-2)14-10-6-4-3-5-9(10)12-13-14/h3-6H,1,7H2,2H3. The maximum Gasteiger partial charge on any atom is 0.311 e. The number of hydrogen-bond donors (Lipinski definition) is 0. The maximum absolute atomic E-state index is 11.1. The van der Waals surface area contributed by atoms with E-state index in [0.717, 1.165) is 11.0 Å². The van der Waals surface area contributed by atoms with E-state index in [9.17, 15) is 4.79 Å². The van der Waals surface area contributed by atoms with Gasteiger partial charge in [0.05, 0.1) is 19.0 Å². The summed E-state index contributed by atoms with van der Waals surface area (Å²) in [7, 11) is 1.34. The molecule has 0 bridgehead atoms. The van der Waals surface area contributed by atoms with Crippen molar-refractivity contribution < 1.29 is 9.53 Å². The van der Waals surface area contributed by atoms with Crippen LogP contribution in [0.1, 0.15) is 6.42 Å². The van der Waals surface area contributed by atoms with E-state index in [-0.39, 0.29) is 12.4 Å². The topological polar surface area (TPSA) is 57.0 Å². The second-order valence-electron chi connectivity index (χ2n) is 3.31. The van der Waals surface area contributed by atoms with E-state index in [4.69, 9.17) is 0 Å². The van der Waals surface area contributed by atoms with Crippen LogP contribution in [0.3, 0.4) is 0 Å². The van der Waals surface area contributed by atoms with Gasteiger partial charge >= 0.3 is 5.97 Å². The quantitative estimate of drug-likeness (QED) is 0.730. The molecule has 0 radical (unpaired) electrons. The Kier molecular flexibility index (Phi) is 2.68. The zero-order valence-electron chi connectivity index (χ0n) is 8.88. The predicted octanol–water partition coefficient (Wildman–Crippen LogP) is 1.47. The Morgan fingerprint density at radius 2 is 2.25 bits per heavy atom. The van der Waals surface area contributed by atoms with Crippen molar-refractivity contribution in [2.24, 2.45) is 0 Å². The van der Waals surface area contributed by atoms with Crippen LogP contribution in [0, 0.1) is 0 Å². The number of para-hydroxylation sites is 1. The number of nitrogens with zero attached hydrogens (tertiary/aromatic N) is 3. The molecule has 1 aromatic heterocycles. The number of fused-ring (bicyclic) bond motifs is 1. The van der Waals surface area contributed by atoms with Crippen molar-refractivity contribution in [1.29, 1.82) is 0 Å². The summed E-state index contributed by atoms with van der Waals surface area (Å²) in [5.41, 5.74) is 2.14. The number of ether oxygens (including phenoxy) is 1. The Hall–Kier alpha value is -2.17. The lowest BCUT2D eigenvalue weighted by Gasteiger charge is -2.04. The molecular weight excluding hydrogens is 206 g/mol. The summed E-state index contributed by atoms with van der Waals surface area (Å²) in [5.74, 6) is -0.343. The molecule has 0 aliphatic rings. The minimum atomic E-state index is -0.343. The van der Waals surface area contributed by atoms with Crippen LogP contribution in [-0.4, -0.2) is 28.1 Å². The molecule has 82 valence electrons. The van der Waals surface area contributed by atoms with Gasteiger partial charge in [0, 0.05) is 5.70 Å². The Morgan fingerprint density at radius 1 is 1.50 bits per heavy atom. The van der Waals surface area contributed by atoms with Gasteiger partial charge in [0.15, 0.2) is 0 Å². The fraction of sp³-hybridized carbons (Fsp3) is 0.182. The van der Waals surface area contributed by atoms with Crippen molar-refractivity contribution in [2.45, 2.75) is 6.42 Å². The zero-order valence-corrected chi connectivity index (χ0v) is 8.88. The number of benzene rings is 1. The van der Waals surface area contributed by atoms with Crippen molar-refractivity contribution in [1.82, 2.24) is 15.0 Å². The molecule has 1 heterocycles. The Labute approximate surface area is 92.3 Å². The Balaban J connectivity index is 2.33. The maximum atomic E-state index is 11.1. The normalized spacial score (nSPS) is 10.3. The first-order chi connectivity index (χ1) is 7.72. The lowest BCUT2D eigenvalue weighted by Crippen LogP contribution is -2.06. The Bertz CT molecular complexity index is 545. The number of carbonyl (C=O) groups is 1. The molecule has 1 aromatic carbocycles. The first kappa shape index (κ1) is 10.4. The second kappa shape index (κ2) is 4.14. The van der Waals surface area contributed by atoms with Crippen molar-refractivity contribution >= 4 is 22.7 Å². The predicted molar refractivity (Wildman–Crippen MR) is 59.5 cm³/mol. The summed E-state index contributed by atoms with van der Waals surface area (Å²) in [4.78, 5) is 11.1. The van der Waals surface area contributed by atoms with Gasteiger partial charge in [-0.2, -0.15) is 0 Å². The van der Waals surface area contributed by atoms with E-state index in [1.165, 1.54) is 7.11 Å². The van der Waals surface area contributed by atoms with Gasteiger partial charge in [-0.15, -0.1) is 5.10 Å². The summed E-state index contributed by atoms with van der Waals surface area (Å²) in [6, 6.07) is 7.49. The zero-order chi connectivity index (χ0) is 11.5. The first-order valence-corrected chi connectivity index (χ1v) is 4.78. The molecule has 2 rings (SSSR count). The summed E-state index contributed by atoms with van der Waals surface area (Å²) >= 11 is 0. The number of aromatic nitrogens is 3. The molecule has 0 saturated carbocycles. The number of hydrogen-bond acceptors (Lipinski definition) is 4. The minimum Gasteiger partial charge on any atom is -0.469 e. The molecular formula is C11H11N3O2. The average Bonchev–Trinajstić information content (AvgIpc) is 2.72. The summed E-state index contributed by atoms with van der Waals surface area (Å²) < 4.78 is 6.12. The fourth-order valence-electron chi connectivity index (χ4n) is 1.42. The Morgan fingerprint density at radius 3 is 3.00 bits per heavy atom. The van der Waals surface area contributed by atoms with Gasteiger partial charge in [-0.3, -0.25) is 4.79 Å². The third kappa shape index (κ3) is 1.79. The highest BCUT2D eigenvalue weighted by Crippen LogP contribution is 2.15. The molecule has 2 aromatic rings. The van der Waals surface area contributed by atoms with Gasteiger partial charge in [0.1, 0.15) is 5.52 Å². The van der Waals surface area contributed by atoms with Crippen LogP contribution in [0.25, 0.3) is 16.7 Å². The van der Waals surface area contributed by atoms with Gasteiger partial charge in [-0.25, -0.2) is 4.68 Å². The smallest absolute Gasteiger partial charge is 0.311 e. The van der Waals surface area contributed by atoms with E-state index in [2.05, 4.69) is 21.6 Å². The molecule has 0 fully saturated rings. The second-order valence-corrected chi connectivity index (χ2v) is 3.31. The molecule has 0 N–H and O–H groups in total. The molecule has 0 atom stereocenters. The molecule has 0 saturated heterocycles. The number of rotatable bonds is 3. The lowest BCUT2D eigenvalue weighted by atomic mass is 10.3. The average molecular weight is 217 g/mol. The van der Waals surface area contributed by atoms with Crippen LogP contribution in [0.15, 0.2) is 30.8 Å². The van der Waals surface area contributed by atoms with E-state index < -0.39 is 0 Å². The van der Waals surface area contributed by atoms with E-state index in [1.54, 1.807) is 4.68 Å². The van der Waals surface area contributed by atoms with Crippen molar-refractivity contribution in [2.75, 3.05) is 7.11 Å². The van der Waals surface area contributed by atoms with Crippen molar-refractivity contribution in [3.8, 4) is 0 Å². The number of methoxy groups -OCH3 is 1. The third-order valence-electron chi connectivity index (χ3n) is 2.23. The summed E-state index contributed by atoms with van der Waals surface area (Å²) in [6.07, 6.45) is 0.101. The molecule has 0 spiro atoms. The van der Waals surface area contributed by atoms with Crippen LogP contribution in [0.4, 0.5) is 0 Å². The van der Waals surface area contributed by atoms with Gasteiger partial charge in [0.2, 0.25) is 0 Å². The number of carbonyl (C=O) groups excluding carboxylic acids is 1. The minimum absolute atomic E-state index is 0.101. The monoisotopic (exact) mass is 217 g/mol. The molecule has 5 heteroatoms. The SMILES string of the molecule is C=C(CC(=O)OC)n1nnc2ccccc21. The van der Waals surface area contributed by atoms with Gasteiger partial charge < -0.3 is 4.74 Å². The first-order valence-electron chi connectivity index (χ1n) is 4.78. The van der Waals surface area contributed by atoms with E-state index in [1.807, 2.05) is 24.3 Å². The highest BCUT2D eigenvalue weighted by molar-refractivity contribution is 5.83. The van der Waals surface area contributed by atoms with Gasteiger partial charge in [-0.1, -0.05) is 23.9 Å². The lowest BCUT2D eigenvalue weighted by molar-refractivity contribution is -0.139. The van der Waals surface area contributed by atoms with Crippen LogP contribution in [-0.2, 0) is 9.53 Å². The van der Waals surface area contributed by atoms with Crippen LogP contribution < -0.4 is 0 Å². The summed E-state index contributed by atoms with van der Waals surface area (Å²) in [5, 5.41) is 7.91. The highest BCUT2D eigenvalue weighted by atomic mass is 16.5. The van der Waals surface area contributed by atoms with E-state index >= 15 is 0 Å². The molecule has 0 aliphatic heterocycles. The van der Waals surface area contributed by atoms with Gasteiger partial charge in [0.25, 0.3) is 0 Å². The molecule has 0 unspecified atom stereocenters. The van der Waals surface area contributed by atoms with Crippen molar-refractivity contribution in [3.63, 3.8) is 0 Å². The summed E-state index contributed by atoms with van der Waals surface area (Å²) in [6.45, 7) is 3.79. The van der Waals surface area contributed by atoms with E-state index in [0.29, 0.717) is 5.70 Å². The number of esters is 1. The van der Waals surface area contributed by atoms with Crippen LogP contribution in [0.5, 0.6) is 0 Å². The molecule has 16 heavy (non-hydrogen) atoms. The third-order valence-corrected chi connectivity index (χ3v) is 2.23. The van der Waals surface area contributed by atoms with Crippen LogP contribution >= 0.6 is 0 Å². The molecule has 0 aliphatic carbocycles. The van der Waals surface area contributed by atoms with Crippen LogP contribution in [0.2, 0.25) is 0 Å². The fourth-order valence-corrected chi connectivity index (χ4v) is 1.42. The van der Waals surface area contributed by atoms with Crippen molar-refractivity contribution in [3.05, 3.63) is 30.8 Å². The largest absolute Gasteiger partial charge is 0.469 e.